The Morgan fingerprint density at radius 3 is 2.66 bits per heavy atom. The summed E-state index contributed by atoms with van der Waals surface area (Å²) in [6.07, 6.45) is 5.71. The van der Waals surface area contributed by atoms with Crippen molar-refractivity contribution in [3.05, 3.63) is 110 Å². The summed E-state index contributed by atoms with van der Waals surface area (Å²) in [5.74, 6) is 0.737. The molecule has 0 spiro atoms. The normalized spacial score (nSPS) is 15.3. The van der Waals surface area contributed by atoms with Crippen LogP contribution in [0.4, 0.5) is 0 Å². The van der Waals surface area contributed by atoms with Gasteiger partial charge in [-0.05, 0) is 70.3 Å². The third-order valence-electron chi connectivity index (χ3n) is 7.54. The summed E-state index contributed by atoms with van der Waals surface area (Å²) in [5.41, 5.74) is 3.70. The number of nitrogens with one attached hydrogen (secondary N) is 1. The van der Waals surface area contributed by atoms with E-state index in [9.17, 15) is 4.79 Å². The first-order chi connectivity index (χ1) is 18.7. The van der Waals surface area contributed by atoms with Gasteiger partial charge in [-0.3, -0.25) is 9.69 Å². The standard InChI is InChI=1S/C30H32N6OS/c1-21-14-15-23-18-26(30(37)31-27(23)17-21)28(29-32-33-34-36(29)24-11-6-3-7-12-24)35(20-25-13-8-16-38-25)19-22-9-4-2-5-10-22/h2,4-5,8-10,13-18,24,28H,3,6-7,11-12,19-20H2,1H3,(H,31,37)/t28-/m1/s1. The van der Waals surface area contributed by atoms with Gasteiger partial charge in [0.05, 0.1) is 6.04 Å². The van der Waals surface area contributed by atoms with E-state index in [-0.39, 0.29) is 11.6 Å². The topological polar surface area (TPSA) is 79.7 Å². The lowest BCUT2D eigenvalue weighted by atomic mass is 9.95. The van der Waals surface area contributed by atoms with E-state index < -0.39 is 6.04 Å². The van der Waals surface area contributed by atoms with E-state index in [1.807, 2.05) is 29.8 Å². The number of hydrogen-bond acceptors (Lipinski definition) is 6. The highest BCUT2D eigenvalue weighted by Gasteiger charge is 2.33. The molecular weight excluding hydrogens is 492 g/mol. The van der Waals surface area contributed by atoms with Gasteiger partial charge in [0, 0.05) is 29.0 Å². The minimum absolute atomic E-state index is 0.101. The second-order valence-electron chi connectivity index (χ2n) is 10.3. The molecule has 1 N–H and O–H groups in total. The number of fused-ring (bicyclic) bond motifs is 1. The summed E-state index contributed by atoms with van der Waals surface area (Å²) in [4.78, 5) is 20.5. The first-order valence-corrected chi connectivity index (χ1v) is 14.3. The highest BCUT2D eigenvalue weighted by molar-refractivity contribution is 7.09. The Bertz CT molecular complexity index is 1550. The van der Waals surface area contributed by atoms with Crippen LogP contribution in [-0.4, -0.2) is 30.1 Å². The van der Waals surface area contributed by atoms with Crippen molar-refractivity contribution >= 4 is 22.2 Å². The van der Waals surface area contributed by atoms with E-state index in [4.69, 9.17) is 0 Å². The fourth-order valence-corrected chi connectivity index (χ4v) is 6.39. The lowest BCUT2D eigenvalue weighted by molar-refractivity contribution is 0.188. The Kier molecular flexibility index (Phi) is 7.16. The lowest BCUT2D eigenvalue weighted by Crippen LogP contribution is -2.35. The van der Waals surface area contributed by atoms with Gasteiger partial charge in [-0.1, -0.05) is 67.8 Å². The van der Waals surface area contributed by atoms with Gasteiger partial charge in [0.1, 0.15) is 6.04 Å². The van der Waals surface area contributed by atoms with Crippen LogP contribution in [0.2, 0.25) is 0 Å². The molecule has 5 aromatic rings. The van der Waals surface area contributed by atoms with Crippen LogP contribution in [-0.2, 0) is 13.1 Å². The maximum Gasteiger partial charge on any atom is 0.253 e. The highest BCUT2D eigenvalue weighted by Crippen LogP contribution is 2.35. The fraction of sp³-hybridized carbons (Fsp3) is 0.333. The van der Waals surface area contributed by atoms with Crippen LogP contribution in [0.15, 0.2) is 76.9 Å². The minimum atomic E-state index is -0.413. The number of pyridine rings is 1. The summed E-state index contributed by atoms with van der Waals surface area (Å²) in [6.45, 7) is 3.38. The van der Waals surface area contributed by atoms with E-state index in [1.54, 1.807) is 11.3 Å². The molecule has 0 unspecified atom stereocenters. The predicted octanol–water partition coefficient (Wildman–Crippen LogP) is 6.18. The molecular formula is C30H32N6OS. The fourth-order valence-electron chi connectivity index (χ4n) is 5.66. The number of H-pyrrole nitrogens is 1. The van der Waals surface area contributed by atoms with Crippen LogP contribution in [0.1, 0.15) is 71.6 Å². The molecule has 38 heavy (non-hydrogen) atoms. The number of aromatic nitrogens is 5. The average Bonchev–Trinajstić information content (AvgIpc) is 3.63. The second kappa shape index (κ2) is 11.0. The third kappa shape index (κ3) is 5.19. The summed E-state index contributed by atoms with van der Waals surface area (Å²) < 4.78 is 2.01. The molecule has 1 atom stereocenters. The number of aryl methyl sites for hydroxylation is 1. The van der Waals surface area contributed by atoms with Crippen molar-refractivity contribution in [3.63, 3.8) is 0 Å². The van der Waals surface area contributed by atoms with E-state index in [2.05, 4.69) is 79.3 Å². The molecule has 0 saturated heterocycles. The van der Waals surface area contributed by atoms with Crippen molar-refractivity contribution in [3.8, 4) is 0 Å². The van der Waals surface area contributed by atoms with Gasteiger partial charge in [-0.15, -0.1) is 16.4 Å². The zero-order valence-electron chi connectivity index (χ0n) is 21.6. The maximum absolute atomic E-state index is 13.8. The Morgan fingerprint density at radius 1 is 1.03 bits per heavy atom. The van der Waals surface area contributed by atoms with E-state index >= 15 is 0 Å². The van der Waals surface area contributed by atoms with Crippen molar-refractivity contribution in [1.82, 2.24) is 30.1 Å². The molecule has 0 bridgehead atoms. The largest absolute Gasteiger partial charge is 0.322 e. The molecule has 0 aliphatic heterocycles. The van der Waals surface area contributed by atoms with E-state index in [0.29, 0.717) is 18.7 Å². The Labute approximate surface area is 226 Å². The Balaban J connectivity index is 1.52. The molecule has 8 heteroatoms. The first-order valence-electron chi connectivity index (χ1n) is 13.4. The van der Waals surface area contributed by atoms with Crippen LogP contribution in [0.25, 0.3) is 10.9 Å². The molecule has 1 aliphatic rings. The second-order valence-corrected chi connectivity index (χ2v) is 11.3. The first kappa shape index (κ1) is 24.7. The van der Waals surface area contributed by atoms with Crippen LogP contribution >= 0.6 is 11.3 Å². The summed E-state index contributed by atoms with van der Waals surface area (Å²) in [5, 5.41) is 16.4. The zero-order valence-corrected chi connectivity index (χ0v) is 22.4. The average molecular weight is 525 g/mol. The molecule has 7 nitrogen and oxygen atoms in total. The number of hydrogen-bond donors (Lipinski definition) is 1. The van der Waals surface area contributed by atoms with Crippen LogP contribution in [0.5, 0.6) is 0 Å². The van der Waals surface area contributed by atoms with E-state index in [1.165, 1.54) is 29.7 Å². The predicted molar refractivity (Wildman–Crippen MR) is 151 cm³/mol. The van der Waals surface area contributed by atoms with Crippen molar-refractivity contribution in [2.45, 2.75) is 64.2 Å². The summed E-state index contributed by atoms with van der Waals surface area (Å²) in [7, 11) is 0. The number of rotatable bonds is 8. The molecule has 1 saturated carbocycles. The van der Waals surface area contributed by atoms with Gasteiger partial charge < -0.3 is 4.98 Å². The molecule has 3 heterocycles. The molecule has 194 valence electrons. The molecule has 6 rings (SSSR count). The quantitative estimate of drug-likeness (QED) is 0.262. The number of aromatic amines is 1. The molecule has 1 aliphatic carbocycles. The van der Waals surface area contributed by atoms with Gasteiger partial charge >= 0.3 is 0 Å². The molecule has 1 fully saturated rings. The summed E-state index contributed by atoms with van der Waals surface area (Å²) in [6, 6.07) is 22.7. The number of tetrazole rings is 1. The highest BCUT2D eigenvalue weighted by atomic mass is 32.1. The molecule has 2 aromatic carbocycles. The third-order valence-corrected chi connectivity index (χ3v) is 8.40. The Hall–Kier alpha value is -3.62. The van der Waals surface area contributed by atoms with Gasteiger partial charge in [-0.2, -0.15) is 0 Å². The molecule has 0 radical (unpaired) electrons. The minimum Gasteiger partial charge on any atom is -0.322 e. The number of thiophene rings is 1. The summed E-state index contributed by atoms with van der Waals surface area (Å²) >= 11 is 1.73. The van der Waals surface area contributed by atoms with Crippen molar-refractivity contribution in [1.29, 1.82) is 0 Å². The Morgan fingerprint density at radius 2 is 1.87 bits per heavy atom. The van der Waals surface area contributed by atoms with Gasteiger partial charge in [0.2, 0.25) is 0 Å². The monoisotopic (exact) mass is 524 g/mol. The van der Waals surface area contributed by atoms with Gasteiger partial charge in [0.15, 0.2) is 5.82 Å². The van der Waals surface area contributed by atoms with Crippen molar-refractivity contribution < 1.29 is 0 Å². The smallest absolute Gasteiger partial charge is 0.253 e. The lowest BCUT2D eigenvalue weighted by Gasteiger charge is -2.32. The van der Waals surface area contributed by atoms with Crippen molar-refractivity contribution in [2.75, 3.05) is 0 Å². The number of nitrogens with zero attached hydrogens (tertiary/aromatic N) is 5. The van der Waals surface area contributed by atoms with Gasteiger partial charge in [-0.25, -0.2) is 4.68 Å². The van der Waals surface area contributed by atoms with Crippen LogP contribution in [0, 0.1) is 6.92 Å². The van der Waals surface area contributed by atoms with Crippen molar-refractivity contribution in [2.24, 2.45) is 0 Å². The van der Waals surface area contributed by atoms with Crippen LogP contribution < -0.4 is 5.56 Å². The molecule has 3 aromatic heterocycles. The van der Waals surface area contributed by atoms with Gasteiger partial charge in [0.25, 0.3) is 5.56 Å². The maximum atomic E-state index is 13.8. The SMILES string of the molecule is Cc1ccc2cc([C@H](c3nnnn3C3CCCCC3)N(Cc3ccccc3)Cc3cccs3)c(=O)[nH]c2c1. The molecule has 0 amide bonds. The number of benzene rings is 2. The van der Waals surface area contributed by atoms with Crippen LogP contribution in [0.3, 0.4) is 0 Å². The zero-order chi connectivity index (χ0) is 25.9. The van der Waals surface area contributed by atoms with E-state index in [0.717, 1.165) is 35.1 Å².